The minimum absolute atomic E-state index is 0.0569. The van der Waals surface area contributed by atoms with Gasteiger partial charge in [0.2, 0.25) is 0 Å². The fourth-order valence-corrected chi connectivity index (χ4v) is 3.00. The van der Waals surface area contributed by atoms with Crippen LogP contribution in [0.2, 0.25) is 0 Å². The summed E-state index contributed by atoms with van der Waals surface area (Å²) < 4.78 is 6.16. The summed E-state index contributed by atoms with van der Waals surface area (Å²) >= 11 is 0. The summed E-state index contributed by atoms with van der Waals surface area (Å²) in [6.45, 7) is 17.2. The van der Waals surface area contributed by atoms with Crippen molar-refractivity contribution in [1.29, 1.82) is 0 Å². The molecule has 2 aromatic rings. The van der Waals surface area contributed by atoms with E-state index in [1.54, 1.807) is 0 Å². The Morgan fingerprint density at radius 1 is 0.885 bits per heavy atom. The fourth-order valence-electron chi connectivity index (χ4n) is 3.00. The highest BCUT2D eigenvalue weighted by Crippen LogP contribution is 2.35. The number of nitrogens with one attached hydrogen (secondary N) is 1. The van der Waals surface area contributed by atoms with E-state index in [0.29, 0.717) is 12.6 Å². The predicted molar refractivity (Wildman–Crippen MR) is 112 cm³/mol. The highest BCUT2D eigenvalue weighted by Gasteiger charge is 2.23. The first-order valence-corrected chi connectivity index (χ1v) is 9.65. The number of benzene rings is 2. The lowest BCUT2D eigenvalue weighted by atomic mass is 9.80. The summed E-state index contributed by atoms with van der Waals surface area (Å²) in [5.74, 6) is 1.000. The van der Waals surface area contributed by atoms with E-state index >= 15 is 0 Å². The molecule has 0 spiro atoms. The third-order valence-corrected chi connectivity index (χ3v) is 4.76. The normalized spacial score (nSPS) is 13.5. The van der Waals surface area contributed by atoms with Crippen molar-refractivity contribution in [3.8, 4) is 5.75 Å². The topological polar surface area (TPSA) is 21.3 Å². The smallest absolute Gasteiger partial charge is 0.123 e. The minimum Gasteiger partial charge on any atom is -0.492 e. The number of hydrogen-bond donors (Lipinski definition) is 1. The van der Waals surface area contributed by atoms with Gasteiger partial charge in [-0.3, -0.25) is 0 Å². The zero-order valence-electron chi connectivity index (χ0n) is 17.5. The molecule has 0 heterocycles. The highest BCUT2D eigenvalue weighted by atomic mass is 16.5. The first-order valence-electron chi connectivity index (χ1n) is 9.65. The summed E-state index contributed by atoms with van der Waals surface area (Å²) in [5, 5.41) is 3.54. The van der Waals surface area contributed by atoms with Gasteiger partial charge < -0.3 is 10.1 Å². The van der Waals surface area contributed by atoms with Crippen LogP contribution in [0.5, 0.6) is 5.75 Å². The Hall–Kier alpha value is -1.80. The van der Waals surface area contributed by atoms with Gasteiger partial charge in [-0.15, -0.1) is 0 Å². The quantitative estimate of drug-likeness (QED) is 0.642. The van der Waals surface area contributed by atoms with Crippen LogP contribution < -0.4 is 10.1 Å². The van der Waals surface area contributed by atoms with Crippen LogP contribution in [-0.2, 0) is 10.8 Å². The Kier molecular flexibility index (Phi) is 6.52. The van der Waals surface area contributed by atoms with Gasteiger partial charge in [0, 0.05) is 12.6 Å². The fraction of sp³-hybridized carbons (Fsp3) is 0.500. The van der Waals surface area contributed by atoms with Crippen LogP contribution in [0.25, 0.3) is 0 Å². The summed E-state index contributed by atoms with van der Waals surface area (Å²) in [4.78, 5) is 0. The van der Waals surface area contributed by atoms with E-state index < -0.39 is 0 Å². The van der Waals surface area contributed by atoms with E-state index in [2.05, 4.69) is 102 Å². The Morgan fingerprint density at radius 2 is 1.54 bits per heavy atom. The van der Waals surface area contributed by atoms with Crippen molar-refractivity contribution in [1.82, 2.24) is 5.32 Å². The molecular formula is C24H35NO. The lowest BCUT2D eigenvalue weighted by Crippen LogP contribution is -2.25. The first kappa shape index (κ1) is 20.5. The van der Waals surface area contributed by atoms with Crippen molar-refractivity contribution in [2.45, 2.75) is 65.3 Å². The zero-order chi connectivity index (χ0) is 19.4. The van der Waals surface area contributed by atoms with Gasteiger partial charge in [0.15, 0.2) is 0 Å². The Balaban J connectivity index is 2.00. The van der Waals surface area contributed by atoms with Gasteiger partial charge >= 0.3 is 0 Å². The molecule has 0 aromatic heterocycles. The highest BCUT2D eigenvalue weighted by molar-refractivity contribution is 5.43. The van der Waals surface area contributed by atoms with Crippen LogP contribution in [0.4, 0.5) is 0 Å². The molecule has 0 aliphatic carbocycles. The maximum absolute atomic E-state index is 6.16. The van der Waals surface area contributed by atoms with E-state index in [-0.39, 0.29) is 10.8 Å². The molecule has 0 saturated carbocycles. The second kappa shape index (κ2) is 8.26. The summed E-state index contributed by atoms with van der Waals surface area (Å²) in [5.41, 5.74) is 4.14. The van der Waals surface area contributed by atoms with E-state index in [9.17, 15) is 0 Å². The molecule has 0 aliphatic heterocycles. The maximum Gasteiger partial charge on any atom is 0.123 e. The monoisotopic (exact) mass is 353 g/mol. The van der Waals surface area contributed by atoms with Crippen LogP contribution in [0.15, 0.2) is 48.5 Å². The van der Waals surface area contributed by atoms with E-state index in [0.717, 1.165) is 12.3 Å². The van der Waals surface area contributed by atoms with Crippen molar-refractivity contribution < 1.29 is 4.74 Å². The van der Waals surface area contributed by atoms with Crippen molar-refractivity contribution in [2.24, 2.45) is 0 Å². The summed E-state index contributed by atoms with van der Waals surface area (Å²) in [6, 6.07) is 17.5. The van der Waals surface area contributed by atoms with E-state index in [1.807, 2.05) is 0 Å². The van der Waals surface area contributed by atoms with Crippen molar-refractivity contribution in [2.75, 3.05) is 13.2 Å². The lowest BCUT2D eigenvalue weighted by Gasteiger charge is -2.27. The van der Waals surface area contributed by atoms with Crippen molar-refractivity contribution in [3.63, 3.8) is 0 Å². The molecule has 26 heavy (non-hydrogen) atoms. The largest absolute Gasteiger partial charge is 0.492 e. The SMILES string of the molecule is CC(NCCOc1ccc(C(C)(C)C)cc1C(C)(C)C)c1ccccc1. The van der Waals surface area contributed by atoms with Crippen LogP contribution in [-0.4, -0.2) is 13.2 Å². The van der Waals surface area contributed by atoms with Crippen molar-refractivity contribution in [3.05, 3.63) is 65.2 Å². The second-order valence-electron chi connectivity index (χ2n) is 9.15. The standard InChI is InChI=1S/C24H35NO/c1-18(19-11-9-8-10-12-19)25-15-16-26-22-14-13-20(23(2,3)4)17-21(22)24(5,6)7/h8-14,17-18,25H,15-16H2,1-7H3. The van der Waals surface area contributed by atoms with Gasteiger partial charge in [-0.05, 0) is 40.5 Å². The maximum atomic E-state index is 6.16. The minimum atomic E-state index is 0.0569. The van der Waals surface area contributed by atoms with Crippen LogP contribution in [0.3, 0.4) is 0 Å². The molecule has 1 unspecified atom stereocenters. The molecule has 1 N–H and O–H groups in total. The van der Waals surface area contributed by atoms with Gasteiger partial charge in [0.1, 0.15) is 12.4 Å². The number of ether oxygens (including phenoxy) is 1. The number of hydrogen-bond acceptors (Lipinski definition) is 2. The average Bonchev–Trinajstić information content (AvgIpc) is 2.57. The first-order chi connectivity index (χ1) is 12.1. The van der Waals surface area contributed by atoms with E-state index in [4.69, 9.17) is 4.74 Å². The molecule has 0 amide bonds. The molecule has 2 heteroatoms. The van der Waals surface area contributed by atoms with Crippen LogP contribution in [0, 0.1) is 0 Å². The zero-order valence-corrected chi connectivity index (χ0v) is 17.5. The molecule has 0 radical (unpaired) electrons. The third-order valence-electron chi connectivity index (χ3n) is 4.76. The van der Waals surface area contributed by atoms with Gasteiger partial charge in [-0.2, -0.15) is 0 Å². The third kappa shape index (κ3) is 5.60. The molecule has 2 nitrogen and oxygen atoms in total. The van der Waals surface area contributed by atoms with E-state index in [1.165, 1.54) is 16.7 Å². The van der Waals surface area contributed by atoms with Crippen LogP contribution in [0.1, 0.15) is 71.2 Å². The Labute approximate surface area is 160 Å². The van der Waals surface area contributed by atoms with Crippen molar-refractivity contribution >= 4 is 0 Å². The average molecular weight is 354 g/mol. The lowest BCUT2D eigenvalue weighted by molar-refractivity contribution is 0.299. The molecule has 1 atom stereocenters. The van der Waals surface area contributed by atoms with Gasteiger partial charge in [-0.25, -0.2) is 0 Å². The molecule has 0 aliphatic rings. The van der Waals surface area contributed by atoms with Gasteiger partial charge in [0.05, 0.1) is 0 Å². The molecule has 142 valence electrons. The molecular weight excluding hydrogens is 318 g/mol. The second-order valence-corrected chi connectivity index (χ2v) is 9.15. The summed E-state index contributed by atoms with van der Waals surface area (Å²) in [6.07, 6.45) is 0. The summed E-state index contributed by atoms with van der Waals surface area (Å²) in [7, 11) is 0. The molecule has 0 saturated heterocycles. The van der Waals surface area contributed by atoms with Crippen LogP contribution >= 0.6 is 0 Å². The number of rotatable bonds is 6. The van der Waals surface area contributed by atoms with Gasteiger partial charge in [0.25, 0.3) is 0 Å². The predicted octanol–water partition coefficient (Wildman–Crippen LogP) is 6.01. The Bertz CT molecular complexity index is 692. The van der Waals surface area contributed by atoms with Gasteiger partial charge in [-0.1, -0.05) is 84.0 Å². The molecule has 2 aromatic carbocycles. The molecule has 0 bridgehead atoms. The Morgan fingerprint density at radius 3 is 2.12 bits per heavy atom. The molecule has 2 rings (SSSR count). The molecule has 0 fully saturated rings.